The standard InChI is InChI=1S/C19H17NO7S/c1-13-3-5-17(6-4-13)28(24,25)20-11-14(9-15(20)12-21)19(18(23)26-2)10-16(22)7-8-27-19/h3-9,11-12H,10H2,1-2H3. The van der Waals surface area contributed by atoms with Gasteiger partial charge in [-0.3, -0.25) is 9.59 Å². The minimum atomic E-state index is -4.11. The van der Waals surface area contributed by atoms with Crippen molar-refractivity contribution in [3.63, 3.8) is 0 Å². The molecule has 146 valence electrons. The van der Waals surface area contributed by atoms with Gasteiger partial charge in [0, 0.05) is 17.8 Å². The smallest absolute Gasteiger partial charge is 0.355 e. The Labute approximate surface area is 161 Å². The number of aromatic nitrogens is 1. The first-order valence-electron chi connectivity index (χ1n) is 8.20. The van der Waals surface area contributed by atoms with E-state index in [1.807, 2.05) is 6.92 Å². The molecule has 0 N–H and O–H groups in total. The van der Waals surface area contributed by atoms with Gasteiger partial charge in [-0.05, 0) is 25.1 Å². The van der Waals surface area contributed by atoms with Crippen LogP contribution in [0.5, 0.6) is 0 Å². The van der Waals surface area contributed by atoms with Crippen LogP contribution in [0.1, 0.15) is 28.0 Å². The lowest BCUT2D eigenvalue weighted by atomic mass is 9.88. The van der Waals surface area contributed by atoms with Crippen molar-refractivity contribution in [1.82, 2.24) is 3.97 Å². The fourth-order valence-electron chi connectivity index (χ4n) is 2.94. The van der Waals surface area contributed by atoms with Gasteiger partial charge in [0.05, 0.1) is 30.4 Å². The van der Waals surface area contributed by atoms with Gasteiger partial charge in [0.1, 0.15) is 0 Å². The molecular formula is C19H17NO7S. The molecule has 2 aromatic rings. The predicted octanol–water partition coefficient (Wildman–Crippen LogP) is 1.72. The number of esters is 1. The number of methoxy groups -OCH3 is 1. The minimum Gasteiger partial charge on any atom is -0.478 e. The van der Waals surface area contributed by atoms with Crippen molar-refractivity contribution >= 4 is 28.1 Å². The first-order chi connectivity index (χ1) is 13.2. The number of aldehydes is 1. The van der Waals surface area contributed by atoms with E-state index in [2.05, 4.69) is 0 Å². The number of carbonyl (C=O) groups is 3. The highest BCUT2D eigenvalue weighted by Gasteiger charge is 2.48. The fraction of sp³-hybridized carbons (Fsp3) is 0.211. The van der Waals surface area contributed by atoms with Gasteiger partial charge in [-0.2, -0.15) is 0 Å². The SMILES string of the molecule is COC(=O)C1(c2cc(C=O)n(S(=O)(=O)c3ccc(C)cc3)c2)CC(=O)C=CO1. The van der Waals surface area contributed by atoms with Gasteiger partial charge in [0.2, 0.25) is 5.60 Å². The molecule has 1 aliphatic rings. The first kappa shape index (κ1) is 19.6. The Kier molecular flexibility index (Phi) is 4.95. The van der Waals surface area contributed by atoms with Crippen LogP contribution in [0.4, 0.5) is 0 Å². The Bertz CT molecular complexity index is 1080. The van der Waals surface area contributed by atoms with Crippen LogP contribution in [-0.4, -0.2) is 37.5 Å². The summed E-state index contributed by atoms with van der Waals surface area (Å²) in [4.78, 5) is 35.8. The molecule has 1 aromatic carbocycles. The topological polar surface area (TPSA) is 109 Å². The van der Waals surface area contributed by atoms with Crippen LogP contribution in [0.25, 0.3) is 0 Å². The molecule has 0 amide bonds. The molecule has 2 heterocycles. The molecule has 0 spiro atoms. The van der Waals surface area contributed by atoms with Crippen molar-refractivity contribution < 1.29 is 32.3 Å². The zero-order chi connectivity index (χ0) is 20.5. The predicted molar refractivity (Wildman–Crippen MR) is 97.1 cm³/mol. The van der Waals surface area contributed by atoms with Gasteiger partial charge in [-0.25, -0.2) is 17.2 Å². The van der Waals surface area contributed by atoms with Crippen molar-refractivity contribution in [2.45, 2.75) is 23.8 Å². The Morgan fingerprint density at radius 3 is 2.54 bits per heavy atom. The van der Waals surface area contributed by atoms with E-state index in [0.29, 0.717) is 6.29 Å². The molecule has 0 fully saturated rings. The Hall–Kier alpha value is -3.20. The van der Waals surface area contributed by atoms with E-state index in [0.717, 1.165) is 35.2 Å². The summed E-state index contributed by atoms with van der Waals surface area (Å²) < 4.78 is 36.9. The van der Waals surface area contributed by atoms with Crippen LogP contribution in [0.3, 0.4) is 0 Å². The number of rotatable bonds is 5. The molecule has 28 heavy (non-hydrogen) atoms. The van der Waals surface area contributed by atoms with Crippen LogP contribution in [0.2, 0.25) is 0 Å². The largest absolute Gasteiger partial charge is 0.478 e. The Balaban J connectivity index is 2.18. The summed E-state index contributed by atoms with van der Waals surface area (Å²) in [5, 5.41) is 0. The van der Waals surface area contributed by atoms with Crippen molar-refractivity contribution in [2.75, 3.05) is 7.11 Å². The third kappa shape index (κ3) is 3.13. The highest BCUT2D eigenvalue weighted by Crippen LogP contribution is 2.36. The Morgan fingerprint density at radius 1 is 1.29 bits per heavy atom. The molecule has 1 unspecified atom stereocenters. The third-order valence-corrected chi connectivity index (χ3v) is 6.14. The maximum Gasteiger partial charge on any atom is 0.355 e. The fourth-order valence-corrected chi connectivity index (χ4v) is 4.28. The average Bonchev–Trinajstić information content (AvgIpc) is 3.13. The van der Waals surface area contributed by atoms with Crippen LogP contribution in [0.15, 0.2) is 53.8 Å². The summed E-state index contributed by atoms with van der Waals surface area (Å²) in [6, 6.07) is 7.28. The first-order valence-corrected chi connectivity index (χ1v) is 9.64. The van der Waals surface area contributed by atoms with Gasteiger partial charge in [0.15, 0.2) is 12.1 Å². The van der Waals surface area contributed by atoms with E-state index in [9.17, 15) is 22.8 Å². The molecule has 3 rings (SSSR count). The average molecular weight is 403 g/mol. The molecule has 0 bridgehead atoms. The summed E-state index contributed by atoms with van der Waals surface area (Å²) in [6.07, 6.45) is 3.27. The van der Waals surface area contributed by atoms with Crippen LogP contribution in [0, 0.1) is 6.92 Å². The Morgan fingerprint density at radius 2 is 1.96 bits per heavy atom. The number of nitrogens with zero attached hydrogens (tertiary/aromatic N) is 1. The lowest BCUT2D eigenvalue weighted by Gasteiger charge is -2.30. The lowest BCUT2D eigenvalue weighted by Crippen LogP contribution is -2.42. The second kappa shape index (κ2) is 7.08. The molecule has 1 aromatic heterocycles. The van der Waals surface area contributed by atoms with E-state index < -0.39 is 27.4 Å². The quantitative estimate of drug-likeness (QED) is 0.552. The van der Waals surface area contributed by atoms with E-state index in [1.165, 1.54) is 18.2 Å². The normalized spacial score (nSPS) is 19.1. The molecule has 0 saturated heterocycles. The molecule has 8 nitrogen and oxygen atoms in total. The van der Waals surface area contributed by atoms with Gasteiger partial charge in [-0.1, -0.05) is 17.7 Å². The zero-order valence-corrected chi connectivity index (χ0v) is 15.9. The van der Waals surface area contributed by atoms with Crippen molar-refractivity contribution in [1.29, 1.82) is 0 Å². The maximum absolute atomic E-state index is 13.0. The van der Waals surface area contributed by atoms with E-state index in [-0.39, 0.29) is 22.6 Å². The second-order valence-electron chi connectivity index (χ2n) is 6.27. The van der Waals surface area contributed by atoms with Crippen molar-refractivity contribution in [3.05, 3.63) is 65.7 Å². The second-order valence-corrected chi connectivity index (χ2v) is 8.08. The summed E-state index contributed by atoms with van der Waals surface area (Å²) >= 11 is 0. The minimum absolute atomic E-state index is 0.0230. The number of ether oxygens (including phenoxy) is 2. The summed E-state index contributed by atoms with van der Waals surface area (Å²) in [5.74, 6) is -1.29. The number of allylic oxidation sites excluding steroid dienone is 1. The lowest BCUT2D eigenvalue weighted by molar-refractivity contribution is -0.168. The van der Waals surface area contributed by atoms with E-state index in [4.69, 9.17) is 9.47 Å². The number of hydrogen-bond acceptors (Lipinski definition) is 7. The molecule has 0 radical (unpaired) electrons. The summed E-state index contributed by atoms with van der Waals surface area (Å²) in [7, 11) is -2.99. The van der Waals surface area contributed by atoms with Crippen LogP contribution >= 0.6 is 0 Å². The van der Waals surface area contributed by atoms with Gasteiger partial charge in [-0.15, -0.1) is 0 Å². The van der Waals surface area contributed by atoms with Crippen LogP contribution in [-0.2, 0) is 34.7 Å². The van der Waals surface area contributed by atoms with Crippen molar-refractivity contribution in [3.8, 4) is 0 Å². The third-order valence-electron chi connectivity index (χ3n) is 4.44. The maximum atomic E-state index is 13.0. The monoisotopic (exact) mass is 403 g/mol. The number of benzene rings is 1. The molecule has 1 atom stereocenters. The number of ketones is 1. The summed E-state index contributed by atoms with van der Waals surface area (Å²) in [5.41, 5.74) is -1.19. The highest BCUT2D eigenvalue weighted by molar-refractivity contribution is 7.90. The number of aryl methyl sites for hydroxylation is 1. The van der Waals surface area contributed by atoms with Crippen LogP contribution < -0.4 is 0 Å². The number of hydrogen-bond donors (Lipinski definition) is 0. The van der Waals surface area contributed by atoms with Gasteiger partial charge >= 0.3 is 5.97 Å². The summed E-state index contributed by atoms with van der Waals surface area (Å²) in [6.45, 7) is 1.81. The highest BCUT2D eigenvalue weighted by atomic mass is 32.2. The van der Waals surface area contributed by atoms with Gasteiger partial charge < -0.3 is 9.47 Å². The molecular weight excluding hydrogens is 386 g/mol. The molecule has 0 saturated carbocycles. The van der Waals surface area contributed by atoms with E-state index >= 15 is 0 Å². The zero-order valence-electron chi connectivity index (χ0n) is 15.1. The number of carbonyl (C=O) groups excluding carboxylic acids is 3. The van der Waals surface area contributed by atoms with Gasteiger partial charge in [0.25, 0.3) is 10.0 Å². The van der Waals surface area contributed by atoms with E-state index in [1.54, 1.807) is 12.1 Å². The molecule has 1 aliphatic heterocycles. The molecule has 9 heteroatoms. The van der Waals surface area contributed by atoms with Crippen molar-refractivity contribution in [2.24, 2.45) is 0 Å². The molecule has 0 aliphatic carbocycles.